The fourth-order valence-corrected chi connectivity index (χ4v) is 1.76. The van der Waals surface area contributed by atoms with Crippen molar-refractivity contribution in [2.24, 2.45) is 5.73 Å². The molecule has 19 heavy (non-hydrogen) atoms. The van der Waals surface area contributed by atoms with Crippen LogP contribution in [0, 0.1) is 11.6 Å². The van der Waals surface area contributed by atoms with E-state index < -0.39 is 23.6 Å². The molecule has 0 saturated carbocycles. The average molecular weight is 263 g/mol. The minimum atomic E-state index is -1.07. The Morgan fingerprint density at radius 1 is 1.05 bits per heavy atom. The monoisotopic (exact) mass is 263 g/mol. The van der Waals surface area contributed by atoms with E-state index in [0.717, 1.165) is 12.1 Å². The zero-order valence-corrected chi connectivity index (χ0v) is 9.81. The molecule has 0 aliphatic rings. The number of halogens is 2. The van der Waals surface area contributed by atoms with Gasteiger partial charge in [0, 0.05) is 0 Å². The Hall–Kier alpha value is -2.27. The summed E-state index contributed by atoms with van der Waals surface area (Å²) in [5.41, 5.74) is 6.91. The summed E-state index contributed by atoms with van der Waals surface area (Å²) >= 11 is 0. The predicted octanol–water partition coefficient (Wildman–Crippen LogP) is 2.71. The van der Waals surface area contributed by atoms with Crippen molar-refractivity contribution in [1.29, 1.82) is 0 Å². The minimum absolute atomic E-state index is 0.0931. The standard InChI is InChI=1S/C14H11F2NO2/c15-11-5-4-9(7-12(11)16)13(17)8-2-1-3-10(6-8)14(18)19/h1-7,13H,17H2,(H,18,19). The second kappa shape index (κ2) is 5.16. The molecular formula is C14H11F2NO2. The van der Waals surface area contributed by atoms with Crippen LogP contribution >= 0.6 is 0 Å². The summed E-state index contributed by atoms with van der Waals surface area (Å²) < 4.78 is 26.0. The van der Waals surface area contributed by atoms with E-state index in [1.807, 2.05) is 0 Å². The molecule has 0 heterocycles. The van der Waals surface area contributed by atoms with Gasteiger partial charge < -0.3 is 10.8 Å². The molecule has 0 spiro atoms. The van der Waals surface area contributed by atoms with Gasteiger partial charge in [0.25, 0.3) is 0 Å². The summed E-state index contributed by atoms with van der Waals surface area (Å²) in [5, 5.41) is 8.89. The van der Waals surface area contributed by atoms with Gasteiger partial charge in [0.1, 0.15) is 0 Å². The zero-order valence-electron chi connectivity index (χ0n) is 9.81. The topological polar surface area (TPSA) is 63.3 Å². The van der Waals surface area contributed by atoms with Crippen LogP contribution < -0.4 is 5.73 Å². The van der Waals surface area contributed by atoms with E-state index >= 15 is 0 Å². The van der Waals surface area contributed by atoms with Crippen molar-refractivity contribution in [1.82, 2.24) is 0 Å². The van der Waals surface area contributed by atoms with E-state index in [0.29, 0.717) is 11.1 Å². The van der Waals surface area contributed by atoms with Crippen LogP contribution in [0.1, 0.15) is 27.5 Å². The number of benzene rings is 2. The number of carbonyl (C=O) groups is 1. The molecule has 1 atom stereocenters. The van der Waals surface area contributed by atoms with Crippen molar-refractivity contribution in [2.75, 3.05) is 0 Å². The molecule has 0 fully saturated rings. The molecule has 0 aliphatic heterocycles. The number of carboxylic acids is 1. The van der Waals surface area contributed by atoms with Gasteiger partial charge in [-0.1, -0.05) is 18.2 Å². The average Bonchev–Trinajstić information content (AvgIpc) is 2.41. The van der Waals surface area contributed by atoms with Gasteiger partial charge in [0.15, 0.2) is 11.6 Å². The van der Waals surface area contributed by atoms with Crippen LogP contribution in [0.5, 0.6) is 0 Å². The lowest BCUT2D eigenvalue weighted by atomic mass is 9.98. The maximum Gasteiger partial charge on any atom is 0.335 e. The molecule has 1 unspecified atom stereocenters. The smallest absolute Gasteiger partial charge is 0.335 e. The summed E-state index contributed by atoms with van der Waals surface area (Å²) in [5.74, 6) is -3.00. The largest absolute Gasteiger partial charge is 0.478 e. The zero-order chi connectivity index (χ0) is 14.0. The number of nitrogens with two attached hydrogens (primary N) is 1. The molecule has 0 radical (unpaired) electrons. The van der Waals surface area contributed by atoms with E-state index in [2.05, 4.69) is 0 Å². The number of hydrogen-bond acceptors (Lipinski definition) is 2. The second-order valence-electron chi connectivity index (χ2n) is 4.08. The van der Waals surface area contributed by atoms with Crippen LogP contribution in [0.4, 0.5) is 8.78 Å². The molecule has 98 valence electrons. The Labute approximate surface area is 108 Å². The first kappa shape index (κ1) is 13.2. The lowest BCUT2D eigenvalue weighted by molar-refractivity contribution is 0.0696. The van der Waals surface area contributed by atoms with Gasteiger partial charge in [0.2, 0.25) is 0 Å². The molecule has 0 aliphatic carbocycles. The highest BCUT2D eigenvalue weighted by molar-refractivity contribution is 5.87. The van der Waals surface area contributed by atoms with Gasteiger partial charge in [-0.25, -0.2) is 13.6 Å². The Bertz CT molecular complexity index is 629. The normalized spacial score (nSPS) is 12.2. The van der Waals surface area contributed by atoms with Gasteiger partial charge in [-0.2, -0.15) is 0 Å². The van der Waals surface area contributed by atoms with Gasteiger partial charge in [0.05, 0.1) is 11.6 Å². The van der Waals surface area contributed by atoms with Crippen molar-refractivity contribution in [2.45, 2.75) is 6.04 Å². The quantitative estimate of drug-likeness (QED) is 0.894. The van der Waals surface area contributed by atoms with Gasteiger partial charge in [-0.05, 0) is 35.4 Å². The highest BCUT2D eigenvalue weighted by Gasteiger charge is 2.13. The van der Waals surface area contributed by atoms with Crippen molar-refractivity contribution in [3.05, 3.63) is 70.8 Å². The van der Waals surface area contributed by atoms with Crippen molar-refractivity contribution >= 4 is 5.97 Å². The summed E-state index contributed by atoms with van der Waals surface area (Å²) in [7, 11) is 0. The molecule has 0 bridgehead atoms. The van der Waals surface area contributed by atoms with Gasteiger partial charge in [-0.3, -0.25) is 0 Å². The molecule has 5 heteroatoms. The number of carboxylic acid groups (broad SMARTS) is 1. The summed E-state index contributed by atoms with van der Waals surface area (Å²) in [6, 6.07) is 8.69. The highest BCUT2D eigenvalue weighted by atomic mass is 19.2. The van der Waals surface area contributed by atoms with E-state index in [-0.39, 0.29) is 5.56 Å². The minimum Gasteiger partial charge on any atom is -0.478 e. The van der Waals surface area contributed by atoms with E-state index in [9.17, 15) is 13.6 Å². The Balaban J connectivity index is 2.37. The van der Waals surface area contributed by atoms with Crippen LogP contribution in [0.15, 0.2) is 42.5 Å². The van der Waals surface area contributed by atoms with E-state index in [1.54, 1.807) is 12.1 Å². The SMILES string of the molecule is NC(c1cccc(C(=O)O)c1)c1ccc(F)c(F)c1. The van der Waals surface area contributed by atoms with Crippen LogP contribution in [0.3, 0.4) is 0 Å². The van der Waals surface area contributed by atoms with Crippen molar-refractivity contribution < 1.29 is 18.7 Å². The van der Waals surface area contributed by atoms with Gasteiger partial charge >= 0.3 is 5.97 Å². The van der Waals surface area contributed by atoms with E-state index in [4.69, 9.17) is 10.8 Å². The number of rotatable bonds is 3. The fraction of sp³-hybridized carbons (Fsp3) is 0.0714. The number of aromatic carboxylic acids is 1. The molecule has 3 N–H and O–H groups in total. The number of hydrogen-bond donors (Lipinski definition) is 2. The van der Waals surface area contributed by atoms with Crippen molar-refractivity contribution in [3.8, 4) is 0 Å². The van der Waals surface area contributed by atoms with E-state index in [1.165, 1.54) is 18.2 Å². The summed E-state index contributed by atoms with van der Waals surface area (Å²) in [6.07, 6.45) is 0. The first-order valence-electron chi connectivity index (χ1n) is 5.53. The summed E-state index contributed by atoms with van der Waals surface area (Å²) in [6.45, 7) is 0. The van der Waals surface area contributed by atoms with Crippen LogP contribution in [0.25, 0.3) is 0 Å². The Kier molecular flexibility index (Phi) is 3.57. The maximum absolute atomic E-state index is 13.1. The third kappa shape index (κ3) is 2.77. The first-order chi connectivity index (χ1) is 8.99. The molecule has 0 amide bonds. The lowest BCUT2D eigenvalue weighted by Gasteiger charge is -2.13. The molecule has 0 saturated heterocycles. The second-order valence-corrected chi connectivity index (χ2v) is 4.08. The Morgan fingerprint density at radius 2 is 1.74 bits per heavy atom. The highest BCUT2D eigenvalue weighted by Crippen LogP contribution is 2.22. The molecule has 0 aromatic heterocycles. The third-order valence-electron chi connectivity index (χ3n) is 2.80. The molecule has 2 aromatic rings. The molecular weight excluding hydrogens is 252 g/mol. The van der Waals surface area contributed by atoms with Crippen LogP contribution in [-0.2, 0) is 0 Å². The molecule has 2 rings (SSSR count). The van der Waals surface area contributed by atoms with Crippen LogP contribution in [0.2, 0.25) is 0 Å². The Morgan fingerprint density at radius 3 is 2.37 bits per heavy atom. The van der Waals surface area contributed by atoms with Crippen LogP contribution in [-0.4, -0.2) is 11.1 Å². The molecule has 3 nitrogen and oxygen atoms in total. The summed E-state index contributed by atoms with van der Waals surface area (Å²) in [4.78, 5) is 10.9. The lowest BCUT2D eigenvalue weighted by Crippen LogP contribution is -2.13. The van der Waals surface area contributed by atoms with Crippen molar-refractivity contribution in [3.63, 3.8) is 0 Å². The van der Waals surface area contributed by atoms with Gasteiger partial charge in [-0.15, -0.1) is 0 Å². The first-order valence-corrected chi connectivity index (χ1v) is 5.53. The fourth-order valence-electron chi connectivity index (χ4n) is 1.76. The predicted molar refractivity (Wildman–Crippen MR) is 65.8 cm³/mol. The maximum atomic E-state index is 13.1. The third-order valence-corrected chi connectivity index (χ3v) is 2.80. The molecule has 2 aromatic carbocycles.